The average molecular weight is 240 g/mol. The summed E-state index contributed by atoms with van der Waals surface area (Å²) in [7, 11) is 0. The first-order chi connectivity index (χ1) is 7.97. The molecular formula is C15H32N2. The van der Waals surface area contributed by atoms with E-state index in [9.17, 15) is 0 Å². The van der Waals surface area contributed by atoms with Crippen molar-refractivity contribution in [3.8, 4) is 0 Å². The Hall–Kier alpha value is -0.0800. The van der Waals surface area contributed by atoms with Crippen molar-refractivity contribution < 1.29 is 0 Å². The van der Waals surface area contributed by atoms with Gasteiger partial charge in [-0.15, -0.1) is 0 Å². The van der Waals surface area contributed by atoms with Crippen LogP contribution in [0.25, 0.3) is 0 Å². The minimum Gasteiger partial charge on any atom is -0.311 e. The molecule has 1 rings (SSSR count). The van der Waals surface area contributed by atoms with E-state index in [1.54, 1.807) is 0 Å². The lowest BCUT2D eigenvalue weighted by Gasteiger charge is -2.28. The van der Waals surface area contributed by atoms with Gasteiger partial charge in [0.2, 0.25) is 0 Å². The fraction of sp³-hybridized carbons (Fsp3) is 1.00. The second-order valence-electron chi connectivity index (χ2n) is 6.40. The smallest absolute Gasteiger partial charge is 0.0123 e. The van der Waals surface area contributed by atoms with Crippen molar-refractivity contribution in [1.82, 2.24) is 10.2 Å². The highest BCUT2D eigenvalue weighted by Gasteiger charge is 2.34. The highest BCUT2D eigenvalue weighted by Crippen LogP contribution is 2.36. The van der Waals surface area contributed by atoms with E-state index < -0.39 is 0 Å². The van der Waals surface area contributed by atoms with E-state index in [1.807, 2.05) is 0 Å². The monoisotopic (exact) mass is 240 g/mol. The largest absolute Gasteiger partial charge is 0.311 e. The highest BCUT2D eigenvalue weighted by atomic mass is 15.2. The minimum absolute atomic E-state index is 0.298. The molecule has 1 aliphatic rings. The summed E-state index contributed by atoms with van der Waals surface area (Å²) in [6, 6.07) is 0. The second-order valence-corrected chi connectivity index (χ2v) is 6.40. The maximum Gasteiger partial charge on any atom is 0.0123 e. The molecule has 0 saturated carbocycles. The Labute approximate surface area is 108 Å². The van der Waals surface area contributed by atoms with Crippen LogP contribution in [0, 0.1) is 5.41 Å². The number of hydrogen-bond donors (Lipinski definition) is 1. The fourth-order valence-electron chi connectivity index (χ4n) is 2.72. The summed E-state index contributed by atoms with van der Waals surface area (Å²) in [4.78, 5) is 2.64. The highest BCUT2D eigenvalue weighted by molar-refractivity contribution is 4.88. The molecule has 1 saturated heterocycles. The summed E-state index contributed by atoms with van der Waals surface area (Å²) >= 11 is 0. The van der Waals surface area contributed by atoms with Gasteiger partial charge in [-0.1, -0.05) is 20.8 Å². The van der Waals surface area contributed by atoms with Gasteiger partial charge in [-0.3, -0.25) is 0 Å². The molecule has 1 heterocycles. The Morgan fingerprint density at radius 2 is 1.82 bits per heavy atom. The zero-order chi connectivity index (χ0) is 12.9. The number of hydrogen-bond acceptors (Lipinski definition) is 2. The molecule has 0 aromatic heterocycles. The maximum absolute atomic E-state index is 3.66. The van der Waals surface area contributed by atoms with E-state index >= 15 is 0 Å². The molecule has 1 N–H and O–H groups in total. The molecule has 0 atom stereocenters. The molecule has 0 amide bonds. The van der Waals surface area contributed by atoms with Crippen molar-refractivity contribution >= 4 is 0 Å². The van der Waals surface area contributed by atoms with E-state index in [1.165, 1.54) is 45.3 Å². The number of rotatable bonds is 7. The van der Waals surface area contributed by atoms with Gasteiger partial charge in [0.05, 0.1) is 0 Å². The Morgan fingerprint density at radius 1 is 1.18 bits per heavy atom. The molecule has 0 aliphatic carbocycles. The van der Waals surface area contributed by atoms with Crippen LogP contribution >= 0.6 is 0 Å². The van der Waals surface area contributed by atoms with Crippen LogP contribution in [0.3, 0.4) is 0 Å². The standard InChI is InChI=1S/C15H32N2/c1-6-14(4,5)16-10-12-17-11-9-15(7-2,8-3)13-17/h16H,6-13H2,1-5H3. The van der Waals surface area contributed by atoms with Gasteiger partial charge >= 0.3 is 0 Å². The molecule has 1 fully saturated rings. The quantitative estimate of drug-likeness (QED) is 0.735. The predicted octanol–water partition coefficient (Wildman–Crippen LogP) is 3.28. The third kappa shape index (κ3) is 4.26. The SMILES string of the molecule is CCC1(CC)CCN(CCNC(C)(C)CC)C1. The van der Waals surface area contributed by atoms with Crippen molar-refractivity contribution in [2.45, 2.75) is 65.8 Å². The Bertz CT molecular complexity index is 219. The lowest BCUT2D eigenvalue weighted by atomic mass is 9.82. The second kappa shape index (κ2) is 6.19. The maximum atomic E-state index is 3.66. The third-order valence-electron chi connectivity index (χ3n) is 4.93. The Morgan fingerprint density at radius 3 is 2.29 bits per heavy atom. The van der Waals surface area contributed by atoms with Gasteiger partial charge in [0.15, 0.2) is 0 Å². The molecule has 0 spiro atoms. The molecule has 0 aromatic rings. The lowest BCUT2D eigenvalue weighted by molar-refractivity contribution is 0.234. The molecular weight excluding hydrogens is 208 g/mol. The Balaban J connectivity index is 2.27. The van der Waals surface area contributed by atoms with Crippen molar-refractivity contribution in [1.29, 1.82) is 0 Å². The van der Waals surface area contributed by atoms with Crippen molar-refractivity contribution in [3.63, 3.8) is 0 Å². The molecule has 2 heteroatoms. The van der Waals surface area contributed by atoms with Crippen LogP contribution in [0.4, 0.5) is 0 Å². The molecule has 0 unspecified atom stereocenters. The van der Waals surface area contributed by atoms with Crippen LogP contribution in [0.2, 0.25) is 0 Å². The zero-order valence-corrected chi connectivity index (χ0v) is 12.6. The van der Waals surface area contributed by atoms with E-state index in [0.29, 0.717) is 11.0 Å². The van der Waals surface area contributed by atoms with Gasteiger partial charge < -0.3 is 10.2 Å². The van der Waals surface area contributed by atoms with Crippen LogP contribution in [0.5, 0.6) is 0 Å². The summed E-state index contributed by atoms with van der Waals surface area (Å²) in [5.74, 6) is 0. The van der Waals surface area contributed by atoms with Crippen LogP contribution in [0.15, 0.2) is 0 Å². The molecule has 2 nitrogen and oxygen atoms in total. The minimum atomic E-state index is 0.298. The number of nitrogens with one attached hydrogen (secondary N) is 1. The molecule has 102 valence electrons. The van der Waals surface area contributed by atoms with E-state index in [4.69, 9.17) is 0 Å². The van der Waals surface area contributed by atoms with Gasteiger partial charge in [0.25, 0.3) is 0 Å². The topological polar surface area (TPSA) is 15.3 Å². The summed E-state index contributed by atoms with van der Waals surface area (Å²) in [5.41, 5.74) is 0.923. The van der Waals surface area contributed by atoms with Crippen molar-refractivity contribution in [2.24, 2.45) is 5.41 Å². The summed E-state index contributed by atoms with van der Waals surface area (Å²) < 4.78 is 0. The normalized spacial score (nSPS) is 21.0. The molecule has 1 aliphatic heterocycles. The molecule has 0 aromatic carbocycles. The van der Waals surface area contributed by atoms with E-state index in [-0.39, 0.29) is 0 Å². The van der Waals surface area contributed by atoms with Crippen LogP contribution < -0.4 is 5.32 Å². The van der Waals surface area contributed by atoms with Gasteiger partial charge in [-0.05, 0) is 51.5 Å². The first-order valence-corrected chi connectivity index (χ1v) is 7.44. The molecule has 17 heavy (non-hydrogen) atoms. The summed E-state index contributed by atoms with van der Waals surface area (Å²) in [6.45, 7) is 16.5. The fourth-order valence-corrected chi connectivity index (χ4v) is 2.72. The summed E-state index contributed by atoms with van der Waals surface area (Å²) in [5, 5.41) is 3.66. The molecule has 0 bridgehead atoms. The number of likely N-dealkylation sites (tertiary alicyclic amines) is 1. The first-order valence-electron chi connectivity index (χ1n) is 7.44. The van der Waals surface area contributed by atoms with Crippen LogP contribution in [-0.4, -0.2) is 36.6 Å². The Kier molecular flexibility index (Phi) is 5.46. The van der Waals surface area contributed by atoms with Crippen LogP contribution in [0.1, 0.15) is 60.3 Å². The number of nitrogens with zero attached hydrogens (tertiary/aromatic N) is 1. The van der Waals surface area contributed by atoms with Gasteiger partial charge in [0, 0.05) is 25.2 Å². The van der Waals surface area contributed by atoms with Crippen molar-refractivity contribution in [3.05, 3.63) is 0 Å². The third-order valence-corrected chi connectivity index (χ3v) is 4.93. The van der Waals surface area contributed by atoms with Gasteiger partial charge in [-0.25, -0.2) is 0 Å². The van der Waals surface area contributed by atoms with Gasteiger partial charge in [-0.2, -0.15) is 0 Å². The lowest BCUT2D eigenvalue weighted by Crippen LogP contribution is -2.43. The molecule has 0 radical (unpaired) electrons. The van der Waals surface area contributed by atoms with Crippen LogP contribution in [-0.2, 0) is 0 Å². The van der Waals surface area contributed by atoms with E-state index in [2.05, 4.69) is 44.8 Å². The average Bonchev–Trinajstić information content (AvgIpc) is 2.73. The van der Waals surface area contributed by atoms with Gasteiger partial charge in [0.1, 0.15) is 0 Å². The van der Waals surface area contributed by atoms with E-state index in [0.717, 1.165) is 6.54 Å². The summed E-state index contributed by atoms with van der Waals surface area (Å²) in [6.07, 6.45) is 5.28. The predicted molar refractivity (Wildman–Crippen MR) is 76.4 cm³/mol. The first kappa shape index (κ1) is 15.0. The zero-order valence-electron chi connectivity index (χ0n) is 12.6. The van der Waals surface area contributed by atoms with Crippen molar-refractivity contribution in [2.75, 3.05) is 26.2 Å².